The van der Waals surface area contributed by atoms with Gasteiger partial charge < -0.3 is 15.0 Å². The summed E-state index contributed by atoms with van der Waals surface area (Å²) >= 11 is 1.57. The molecule has 3 aromatic carbocycles. The fraction of sp³-hybridized carbons (Fsp3) is 0.432. The molecule has 1 aromatic heterocycles. The van der Waals surface area contributed by atoms with E-state index in [4.69, 9.17) is 9.57 Å². The molecule has 0 spiro atoms. The van der Waals surface area contributed by atoms with Crippen LogP contribution in [0, 0.1) is 5.92 Å². The number of thioether (sulfide) groups is 1. The molecule has 0 fully saturated rings. The predicted octanol–water partition coefficient (Wildman–Crippen LogP) is 6.41. The average molecular weight is 645 g/mol. The monoisotopic (exact) mass is 644 g/mol. The fourth-order valence-corrected chi connectivity index (χ4v) is 6.40. The number of nitrogens with zero attached hydrogens (tertiary/aromatic N) is 1. The first-order chi connectivity index (χ1) is 22.2. The number of ether oxygens (including phenoxy) is 1. The van der Waals surface area contributed by atoms with Crippen molar-refractivity contribution >= 4 is 34.3 Å². The molecule has 0 bridgehead atoms. The van der Waals surface area contributed by atoms with Crippen molar-refractivity contribution in [3.63, 3.8) is 0 Å². The summed E-state index contributed by atoms with van der Waals surface area (Å²) in [5.41, 5.74) is 4.02. The summed E-state index contributed by atoms with van der Waals surface area (Å²) in [5, 5.41) is 6.28. The van der Waals surface area contributed by atoms with Gasteiger partial charge in [0.05, 0.1) is 31.3 Å². The second-order valence-corrected chi connectivity index (χ2v) is 13.2. The second kappa shape index (κ2) is 16.9. The molecule has 0 saturated carbocycles. The molecule has 0 aliphatic heterocycles. The molecule has 1 heterocycles. The molecule has 0 aliphatic carbocycles. The van der Waals surface area contributed by atoms with Crippen LogP contribution in [0.15, 0.2) is 85.3 Å². The van der Waals surface area contributed by atoms with Gasteiger partial charge in [-0.1, -0.05) is 93.1 Å². The molecule has 0 aliphatic rings. The van der Waals surface area contributed by atoms with Crippen LogP contribution in [0.2, 0.25) is 0 Å². The van der Waals surface area contributed by atoms with E-state index in [1.54, 1.807) is 18.1 Å². The number of aromatic nitrogens is 2. The van der Waals surface area contributed by atoms with Gasteiger partial charge >= 0.3 is 5.97 Å². The number of carbonyl (C=O) groups excluding carboxylic acids is 2. The zero-order valence-electron chi connectivity index (χ0n) is 27.7. The number of hydrogen-bond acceptors (Lipinski definition) is 8. The zero-order chi connectivity index (χ0) is 33.0. The molecule has 3 N–H and O–H groups in total. The fourth-order valence-electron chi connectivity index (χ4n) is 5.89. The van der Waals surface area contributed by atoms with Gasteiger partial charge in [0.2, 0.25) is 0 Å². The number of methoxy groups -OCH3 is 1. The Bertz CT molecular complexity index is 1530. The van der Waals surface area contributed by atoms with Crippen LogP contribution in [0.5, 0.6) is 0 Å². The highest BCUT2D eigenvalue weighted by Crippen LogP contribution is 2.28. The molecule has 0 saturated heterocycles. The molecule has 4 rings (SSSR count). The Labute approximate surface area is 277 Å². The number of Topliss-reactive ketones (excluding diaryl/α,β-unsaturated/α-hetero) is 1. The quantitative estimate of drug-likeness (QED) is 0.0611. The summed E-state index contributed by atoms with van der Waals surface area (Å²) < 4.78 is 5.20. The molecule has 9 heteroatoms. The van der Waals surface area contributed by atoms with Crippen molar-refractivity contribution in [3.8, 4) is 0 Å². The Kier molecular flexibility index (Phi) is 13.0. The zero-order valence-corrected chi connectivity index (χ0v) is 28.5. The summed E-state index contributed by atoms with van der Waals surface area (Å²) in [6.45, 7) is 6.72. The van der Waals surface area contributed by atoms with Crippen LogP contribution in [-0.4, -0.2) is 59.0 Å². The van der Waals surface area contributed by atoms with E-state index in [-0.39, 0.29) is 37.2 Å². The Morgan fingerprint density at radius 2 is 1.76 bits per heavy atom. The summed E-state index contributed by atoms with van der Waals surface area (Å²) in [6, 6.07) is 24.6. The normalized spacial score (nSPS) is 15.5. The number of aromatic amines is 1. The molecule has 8 nitrogen and oxygen atoms in total. The van der Waals surface area contributed by atoms with Gasteiger partial charge in [0.25, 0.3) is 0 Å². The van der Waals surface area contributed by atoms with E-state index in [0.717, 1.165) is 17.7 Å². The van der Waals surface area contributed by atoms with Gasteiger partial charge in [-0.05, 0) is 66.0 Å². The maximum absolute atomic E-state index is 13.8. The molecule has 46 heavy (non-hydrogen) atoms. The number of ketones is 1. The number of aryl methyl sites for hydroxylation is 1. The first-order valence-electron chi connectivity index (χ1n) is 16.0. The molecule has 246 valence electrons. The van der Waals surface area contributed by atoms with Crippen molar-refractivity contribution in [1.82, 2.24) is 20.8 Å². The van der Waals surface area contributed by atoms with E-state index in [1.807, 2.05) is 42.8 Å². The van der Waals surface area contributed by atoms with Gasteiger partial charge in [0.15, 0.2) is 11.3 Å². The number of H-pyrrole nitrogens is 1. The van der Waals surface area contributed by atoms with Gasteiger partial charge in [0.1, 0.15) is 0 Å². The van der Waals surface area contributed by atoms with Crippen LogP contribution < -0.4 is 10.8 Å². The Morgan fingerprint density at radius 1 is 1.02 bits per heavy atom. The van der Waals surface area contributed by atoms with Crippen molar-refractivity contribution in [3.05, 3.63) is 102 Å². The minimum Gasteiger partial charge on any atom is -0.467 e. The number of fused-ring (bicyclic) bond motifs is 1. The molecule has 0 amide bonds. The van der Waals surface area contributed by atoms with Crippen molar-refractivity contribution in [2.24, 2.45) is 5.92 Å². The highest BCUT2D eigenvalue weighted by Gasteiger charge is 2.47. The van der Waals surface area contributed by atoms with Crippen LogP contribution in [0.3, 0.4) is 0 Å². The third-order valence-electron chi connectivity index (χ3n) is 8.98. The highest BCUT2D eigenvalue weighted by molar-refractivity contribution is 7.98. The van der Waals surface area contributed by atoms with Crippen LogP contribution in [-0.2, 0) is 37.5 Å². The third kappa shape index (κ3) is 8.85. The van der Waals surface area contributed by atoms with Gasteiger partial charge in [-0.2, -0.15) is 17.2 Å². The van der Waals surface area contributed by atoms with Crippen LogP contribution in [0.25, 0.3) is 10.8 Å². The number of carbonyl (C=O) groups is 2. The first kappa shape index (κ1) is 35.4. The topological polar surface area (TPSA) is 105 Å². The SMILES string of the molecule is CC[C@H](C)C(CON[C@@](CCSC)(C(=O)CCc1ccccc1)C(=O)OC)NC(C)(Cc1ccc2ccccc2c1)c1cnc[nH]1. The molecule has 0 radical (unpaired) electrons. The maximum Gasteiger partial charge on any atom is 0.336 e. The Morgan fingerprint density at radius 3 is 2.43 bits per heavy atom. The minimum atomic E-state index is -1.61. The lowest BCUT2D eigenvalue weighted by atomic mass is 9.86. The highest BCUT2D eigenvalue weighted by atomic mass is 32.2. The summed E-state index contributed by atoms with van der Waals surface area (Å²) in [6.07, 6.45) is 8.07. The molecule has 2 unspecified atom stereocenters. The number of benzene rings is 3. The van der Waals surface area contributed by atoms with Crippen molar-refractivity contribution < 1.29 is 19.2 Å². The van der Waals surface area contributed by atoms with E-state index in [1.165, 1.54) is 23.4 Å². The molecular formula is C37H48N4O4S. The van der Waals surface area contributed by atoms with E-state index in [9.17, 15) is 9.59 Å². The number of rotatable bonds is 19. The molecule has 4 atom stereocenters. The number of nitrogens with one attached hydrogen (secondary N) is 3. The van der Waals surface area contributed by atoms with Gasteiger partial charge in [-0.25, -0.2) is 9.78 Å². The number of hydroxylamine groups is 1. The third-order valence-corrected chi connectivity index (χ3v) is 9.60. The van der Waals surface area contributed by atoms with E-state index in [2.05, 4.69) is 84.0 Å². The van der Waals surface area contributed by atoms with Gasteiger partial charge in [0, 0.05) is 18.7 Å². The Balaban J connectivity index is 1.55. The first-order valence-corrected chi connectivity index (χ1v) is 17.4. The van der Waals surface area contributed by atoms with E-state index in [0.29, 0.717) is 18.6 Å². The van der Waals surface area contributed by atoms with Crippen molar-refractivity contribution in [2.75, 3.05) is 25.7 Å². The van der Waals surface area contributed by atoms with Gasteiger partial charge in [-0.3, -0.25) is 9.63 Å². The van der Waals surface area contributed by atoms with Crippen LogP contribution in [0.4, 0.5) is 0 Å². The summed E-state index contributed by atoms with van der Waals surface area (Å²) in [7, 11) is 1.31. The lowest BCUT2D eigenvalue weighted by Gasteiger charge is -2.38. The molecule has 4 aromatic rings. The lowest BCUT2D eigenvalue weighted by Crippen LogP contribution is -2.60. The van der Waals surface area contributed by atoms with Crippen molar-refractivity contribution in [1.29, 1.82) is 0 Å². The predicted molar refractivity (Wildman–Crippen MR) is 187 cm³/mol. The number of esters is 1. The summed E-state index contributed by atoms with van der Waals surface area (Å²) in [5.74, 6) is -0.0810. The standard InChI is InChI=1S/C37H48N4O4S/c1-6-27(2)32(40-36(3,33-24-38-26-39-33)23-29-16-18-30-14-10-11-15-31(30)22-29)25-45-41-37(20-21-46-5,35(43)44-4)34(42)19-17-28-12-8-7-9-13-28/h7-16,18,22,24,26-27,32,40-41H,6,17,19-21,23,25H2,1-5H3,(H,38,39)/t27-,32?,36?,37-/m0/s1. The van der Waals surface area contributed by atoms with E-state index < -0.39 is 17.0 Å². The number of hydrogen-bond donors (Lipinski definition) is 3. The van der Waals surface area contributed by atoms with E-state index >= 15 is 0 Å². The smallest absolute Gasteiger partial charge is 0.336 e. The van der Waals surface area contributed by atoms with Crippen LogP contribution >= 0.6 is 11.8 Å². The Hall–Kier alpha value is -3.50. The summed E-state index contributed by atoms with van der Waals surface area (Å²) in [4.78, 5) is 41.0. The largest absolute Gasteiger partial charge is 0.467 e. The van der Waals surface area contributed by atoms with Crippen molar-refractivity contribution in [2.45, 2.75) is 70.0 Å². The van der Waals surface area contributed by atoms with Gasteiger partial charge in [-0.15, -0.1) is 0 Å². The lowest BCUT2D eigenvalue weighted by molar-refractivity contribution is -0.163. The second-order valence-electron chi connectivity index (χ2n) is 12.3. The maximum atomic E-state index is 13.8. The average Bonchev–Trinajstić information content (AvgIpc) is 3.64. The number of imidazole rings is 1. The molecular weight excluding hydrogens is 596 g/mol. The minimum absolute atomic E-state index is 0.124. The van der Waals surface area contributed by atoms with Crippen LogP contribution in [0.1, 0.15) is 56.9 Å².